The lowest BCUT2D eigenvalue weighted by Crippen LogP contribution is -2.26. The van der Waals surface area contributed by atoms with Crippen molar-refractivity contribution in [1.29, 1.82) is 0 Å². The number of aromatic nitrogens is 3. The fourth-order valence-electron chi connectivity index (χ4n) is 3.16. The minimum absolute atomic E-state index is 0.0174. The summed E-state index contributed by atoms with van der Waals surface area (Å²) in [6.07, 6.45) is 2.93. The van der Waals surface area contributed by atoms with E-state index in [2.05, 4.69) is 20.6 Å². The summed E-state index contributed by atoms with van der Waals surface area (Å²) in [7, 11) is 0. The molecule has 0 fully saturated rings. The number of hydrazone groups is 1. The molecule has 2 N–H and O–H groups in total. The molecule has 154 valence electrons. The summed E-state index contributed by atoms with van der Waals surface area (Å²) in [5, 5.41) is 7.14. The molecule has 4 rings (SSSR count). The van der Waals surface area contributed by atoms with Gasteiger partial charge in [0.05, 0.1) is 16.8 Å². The lowest BCUT2D eigenvalue weighted by atomic mass is 10.0. The van der Waals surface area contributed by atoms with E-state index >= 15 is 0 Å². The Morgan fingerprint density at radius 1 is 1.06 bits per heavy atom. The van der Waals surface area contributed by atoms with E-state index in [1.807, 2.05) is 6.07 Å². The van der Waals surface area contributed by atoms with Crippen molar-refractivity contribution in [2.24, 2.45) is 5.10 Å². The van der Waals surface area contributed by atoms with Crippen molar-refractivity contribution in [3.63, 3.8) is 0 Å². The van der Waals surface area contributed by atoms with Crippen LogP contribution in [0.3, 0.4) is 0 Å². The minimum Gasteiger partial charge on any atom is -0.295 e. The van der Waals surface area contributed by atoms with E-state index in [1.54, 1.807) is 55.6 Å². The van der Waals surface area contributed by atoms with Gasteiger partial charge in [0.1, 0.15) is 11.5 Å². The maximum absolute atomic E-state index is 14.6. The number of hydrogen-bond acceptors (Lipinski definition) is 4. The number of para-hydroxylation sites is 1. The highest BCUT2D eigenvalue weighted by Crippen LogP contribution is 2.16. The number of nitrogens with one attached hydrogen (secondary N) is 2. The fraction of sp³-hybridized carbons (Fsp3) is 0.0435. The van der Waals surface area contributed by atoms with Crippen LogP contribution < -0.4 is 11.0 Å². The van der Waals surface area contributed by atoms with Crippen LogP contribution in [-0.4, -0.2) is 26.4 Å². The van der Waals surface area contributed by atoms with Crippen LogP contribution in [0.25, 0.3) is 5.69 Å². The highest BCUT2D eigenvalue weighted by molar-refractivity contribution is 6.14. The molecule has 0 saturated heterocycles. The number of H-pyrrole nitrogens is 1. The molecule has 0 aliphatic rings. The van der Waals surface area contributed by atoms with E-state index in [1.165, 1.54) is 29.1 Å². The summed E-state index contributed by atoms with van der Waals surface area (Å²) in [4.78, 5) is 29.6. The van der Waals surface area contributed by atoms with Crippen molar-refractivity contribution in [1.82, 2.24) is 20.2 Å². The molecule has 0 saturated carbocycles. The van der Waals surface area contributed by atoms with Crippen molar-refractivity contribution in [2.75, 3.05) is 0 Å². The third-order valence-corrected chi connectivity index (χ3v) is 4.64. The van der Waals surface area contributed by atoms with Gasteiger partial charge >= 0.3 is 0 Å². The van der Waals surface area contributed by atoms with Crippen LogP contribution in [0.1, 0.15) is 27.2 Å². The molecular formula is C23H18FN5O2. The second kappa shape index (κ2) is 8.58. The lowest BCUT2D eigenvalue weighted by Gasteiger charge is -2.07. The van der Waals surface area contributed by atoms with Gasteiger partial charge in [-0.15, -0.1) is 0 Å². The van der Waals surface area contributed by atoms with E-state index in [9.17, 15) is 14.0 Å². The Morgan fingerprint density at radius 2 is 1.81 bits per heavy atom. The average Bonchev–Trinajstić information content (AvgIpc) is 3.10. The Morgan fingerprint density at radius 3 is 2.52 bits per heavy atom. The number of carbonyl (C=O) groups is 1. The maximum atomic E-state index is 14.6. The van der Waals surface area contributed by atoms with Gasteiger partial charge in [-0.25, -0.2) is 14.5 Å². The normalized spacial score (nSPS) is 11.4. The molecule has 0 aliphatic carbocycles. The SMILES string of the molecule is Cc1[nH]n(-c2ccccc2)c(=O)c1/C(=N/NC(=O)c1cccnc1)c1ccccc1F. The number of hydrogen-bond donors (Lipinski definition) is 2. The highest BCUT2D eigenvalue weighted by atomic mass is 19.1. The number of benzene rings is 2. The second-order valence-corrected chi connectivity index (χ2v) is 6.71. The van der Waals surface area contributed by atoms with Crippen molar-refractivity contribution in [3.05, 3.63) is 118 Å². The molecular weight excluding hydrogens is 397 g/mol. The number of aromatic amines is 1. The number of pyridine rings is 1. The van der Waals surface area contributed by atoms with E-state index in [4.69, 9.17) is 0 Å². The van der Waals surface area contributed by atoms with Gasteiger partial charge < -0.3 is 0 Å². The van der Waals surface area contributed by atoms with E-state index in [0.717, 1.165) is 0 Å². The van der Waals surface area contributed by atoms with Crippen LogP contribution in [0.5, 0.6) is 0 Å². The number of aryl methyl sites for hydroxylation is 1. The van der Waals surface area contributed by atoms with Crippen molar-refractivity contribution in [2.45, 2.75) is 6.92 Å². The molecule has 7 nitrogen and oxygen atoms in total. The summed E-state index contributed by atoms with van der Waals surface area (Å²) < 4.78 is 16.0. The predicted octanol–water partition coefficient (Wildman–Crippen LogP) is 3.19. The van der Waals surface area contributed by atoms with Gasteiger partial charge in [0, 0.05) is 23.7 Å². The Labute approximate surface area is 176 Å². The van der Waals surface area contributed by atoms with E-state index in [-0.39, 0.29) is 22.4 Å². The summed E-state index contributed by atoms with van der Waals surface area (Å²) in [6, 6.07) is 18.1. The molecule has 8 heteroatoms. The lowest BCUT2D eigenvalue weighted by molar-refractivity contribution is 0.0954. The Hall–Kier alpha value is -4.33. The molecule has 0 unspecified atom stereocenters. The summed E-state index contributed by atoms with van der Waals surface area (Å²) >= 11 is 0. The Bertz CT molecular complexity index is 1310. The second-order valence-electron chi connectivity index (χ2n) is 6.71. The summed E-state index contributed by atoms with van der Waals surface area (Å²) in [5.74, 6) is -1.10. The van der Waals surface area contributed by atoms with Crippen molar-refractivity contribution < 1.29 is 9.18 Å². The molecule has 31 heavy (non-hydrogen) atoms. The smallest absolute Gasteiger partial charge is 0.281 e. The maximum Gasteiger partial charge on any atom is 0.281 e. The minimum atomic E-state index is -0.567. The zero-order chi connectivity index (χ0) is 21.8. The zero-order valence-corrected chi connectivity index (χ0v) is 16.5. The summed E-state index contributed by atoms with van der Waals surface area (Å²) in [5.41, 5.74) is 3.63. The van der Waals surface area contributed by atoms with Crippen LogP contribution in [0.4, 0.5) is 4.39 Å². The van der Waals surface area contributed by atoms with Crippen LogP contribution in [-0.2, 0) is 0 Å². The molecule has 0 atom stereocenters. The van der Waals surface area contributed by atoms with Crippen LogP contribution in [0.15, 0.2) is 89.0 Å². The van der Waals surface area contributed by atoms with Gasteiger partial charge in [0.15, 0.2) is 0 Å². The van der Waals surface area contributed by atoms with Gasteiger partial charge in [0.25, 0.3) is 11.5 Å². The van der Waals surface area contributed by atoms with Crippen molar-refractivity contribution in [3.8, 4) is 5.69 Å². The largest absolute Gasteiger partial charge is 0.295 e. The monoisotopic (exact) mass is 415 g/mol. The molecule has 0 bridgehead atoms. The number of carbonyl (C=O) groups excluding carboxylic acids is 1. The first-order valence-electron chi connectivity index (χ1n) is 9.46. The quantitative estimate of drug-likeness (QED) is 0.387. The Balaban J connectivity index is 1.83. The van der Waals surface area contributed by atoms with Gasteiger partial charge in [-0.05, 0) is 43.3 Å². The predicted molar refractivity (Wildman–Crippen MR) is 115 cm³/mol. The molecule has 0 radical (unpaired) electrons. The number of amides is 1. The number of nitrogens with zero attached hydrogens (tertiary/aromatic N) is 3. The van der Waals surface area contributed by atoms with Gasteiger partial charge in [0.2, 0.25) is 0 Å². The first-order chi connectivity index (χ1) is 15.1. The van der Waals surface area contributed by atoms with Gasteiger partial charge in [-0.2, -0.15) is 5.10 Å². The van der Waals surface area contributed by atoms with Gasteiger partial charge in [-0.1, -0.05) is 30.3 Å². The first kappa shape index (κ1) is 20.0. The van der Waals surface area contributed by atoms with Crippen LogP contribution in [0, 0.1) is 12.7 Å². The molecule has 1 amide bonds. The van der Waals surface area contributed by atoms with Crippen LogP contribution in [0.2, 0.25) is 0 Å². The average molecular weight is 415 g/mol. The molecule has 2 heterocycles. The molecule has 2 aromatic carbocycles. The van der Waals surface area contributed by atoms with Crippen LogP contribution >= 0.6 is 0 Å². The molecule has 0 aliphatic heterocycles. The fourth-order valence-corrected chi connectivity index (χ4v) is 3.16. The highest BCUT2D eigenvalue weighted by Gasteiger charge is 2.22. The molecule has 0 spiro atoms. The van der Waals surface area contributed by atoms with E-state index < -0.39 is 17.3 Å². The number of rotatable bonds is 5. The topological polar surface area (TPSA) is 92.1 Å². The summed E-state index contributed by atoms with van der Waals surface area (Å²) in [6.45, 7) is 1.69. The molecule has 4 aromatic rings. The molecule has 2 aromatic heterocycles. The van der Waals surface area contributed by atoms with Crippen molar-refractivity contribution >= 4 is 11.6 Å². The van der Waals surface area contributed by atoms with Gasteiger partial charge in [-0.3, -0.25) is 19.7 Å². The first-order valence-corrected chi connectivity index (χ1v) is 9.46. The number of halogens is 1. The third kappa shape index (κ3) is 4.04. The zero-order valence-electron chi connectivity index (χ0n) is 16.5. The standard InChI is InChI=1S/C23H18FN5O2/c1-15-20(23(31)29(28-15)17-9-3-2-4-10-17)21(18-11-5-6-12-19(18)24)26-27-22(30)16-8-7-13-25-14-16/h2-14,28H,1H3,(H,27,30)/b26-21+. The Kier molecular flexibility index (Phi) is 5.53. The third-order valence-electron chi connectivity index (χ3n) is 4.64. The van der Waals surface area contributed by atoms with E-state index in [0.29, 0.717) is 11.4 Å².